The van der Waals surface area contributed by atoms with Crippen LogP contribution in [0, 0.1) is 0 Å². The van der Waals surface area contributed by atoms with Crippen molar-refractivity contribution >= 4 is 21.7 Å². The molecule has 6 nitrogen and oxygen atoms in total. The molecule has 0 radical (unpaired) electrons. The van der Waals surface area contributed by atoms with Crippen molar-refractivity contribution < 1.29 is 23.1 Å². The highest BCUT2D eigenvalue weighted by Gasteiger charge is 2.19. The maximum Gasteiger partial charge on any atom is 0.344 e. The van der Waals surface area contributed by atoms with Gasteiger partial charge in [0, 0.05) is 5.69 Å². The van der Waals surface area contributed by atoms with Crippen LogP contribution in [0.4, 0.5) is 5.69 Å². The van der Waals surface area contributed by atoms with Gasteiger partial charge in [-0.2, -0.15) is 0 Å². The van der Waals surface area contributed by atoms with Crippen LogP contribution < -0.4 is 9.46 Å². The van der Waals surface area contributed by atoms with Crippen LogP contribution in [0.15, 0.2) is 24.3 Å². The highest BCUT2D eigenvalue weighted by atomic mass is 32.2. The Labute approximate surface area is 188 Å². The van der Waals surface area contributed by atoms with Gasteiger partial charge in [-0.3, -0.25) is 4.72 Å². The maximum absolute atomic E-state index is 12.0. The summed E-state index contributed by atoms with van der Waals surface area (Å²) < 4.78 is 32.1. The Morgan fingerprint density at radius 2 is 1.39 bits per heavy atom. The molecule has 178 valence electrons. The molecule has 1 atom stereocenters. The number of carbonyl (C=O) groups is 1. The number of aliphatic carboxylic acids is 1. The lowest BCUT2D eigenvalue weighted by atomic mass is 10.0. The Kier molecular flexibility index (Phi) is 14.0. The van der Waals surface area contributed by atoms with E-state index < -0.39 is 22.1 Å². The number of carboxylic acid groups (broad SMARTS) is 1. The monoisotopic (exact) mass is 455 g/mol. The zero-order valence-corrected chi connectivity index (χ0v) is 20.1. The molecule has 0 fully saturated rings. The van der Waals surface area contributed by atoms with Crippen molar-refractivity contribution in [3.05, 3.63) is 24.3 Å². The molecule has 0 heterocycles. The molecule has 7 heteroatoms. The van der Waals surface area contributed by atoms with Crippen molar-refractivity contribution in [1.82, 2.24) is 0 Å². The Balaban J connectivity index is 2.33. The standard InChI is InChI=1S/C24H41NO5S/c1-3-5-7-8-9-10-11-12-13-14-15-23(24(26)27)30-22-18-16-21(17-19-22)25-31(28,29)20-6-4-2/h16-19,23,25H,3-15,20H2,1-2H3,(H,26,27)/t23-/m1/s1. The molecular formula is C24H41NO5S. The molecule has 1 rings (SSSR count). The van der Waals surface area contributed by atoms with Gasteiger partial charge in [-0.25, -0.2) is 13.2 Å². The quantitative estimate of drug-likeness (QED) is 0.236. The van der Waals surface area contributed by atoms with Gasteiger partial charge >= 0.3 is 5.97 Å². The second-order valence-corrected chi connectivity index (χ2v) is 10.1. The van der Waals surface area contributed by atoms with E-state index in [-0.39, 0.29) is 5.75 Å². The van der Waals surface area contributed by atoms with Crippen LogP contribution in [0.25, 0.3) is 0 Å². The highest BCUT2D eigenvalue weighted by molar-refractivity contribution is 7.92. The summed E-state index contributed by atoms with van der Waals surface area (Å²) >= 11 is 0. The van der Waals surface area contributed by atoms with E-state index in [0.29, 0.717) is 24.3 Å². The highest BCUT2D eigenvalue weighted by Crippen LogP contribution is 2.20. The molecule has 1 aromatic carbocycles. The van der Waals surface area contributed by atoms with E-state index >= 15 is 0 Å². The van der Waals surface area contributed by atoms with Crippen molar-refractivity contribution in [2.75, 3.05) is 10.5 Å². The first kappa shape index (κ1) is 27.3. The second kappa shape index (κ2) is 16.0. The van der Waals surface area contributed by atoms with Gasteiger partial charge in [0.05, 0.1) is 5.75 Å². The molecule has 31 heavy (non-hydrogen) atoms. The van der Waals surface area contributed by atoms with Crippen LogP contribution in [0.3, 0.4) is 0 Å². The van der Waals surface area contributed by atoms with E-state index in [4.69, 9.17) is 4.74 Å². The zero-order chi connectivity index (χ0) is 23.0. The minimum Gasteiger partial charge on any atom is -0.479 e. The Morgan fingerprint density at radius 3 is 1.90 bits per heavy atom. The fraction of sp³-hybridized carbons (Fsp3) is 0.708. The van der Waals surface area contributed by atoms with Crippen molar-refractivity contribution in [1.29, 1.82) is 0 Å². The predicted octanol–water partition coefficient (Wildman–Crippen LogP) is 6.37. The van der Waals surface area contributed by atoms with Crippen molar-refractivity contribution in [3.63, 3.8) is 0 Å². The summed E-state index contributed by atoms with van der Waals surface area (Å²) in [6.07, 6.45) is 13.0. The third kappa shape index (κ3) is 13.3. The van der Waals surface area contributed by atoms with Crippen LogP contribution >= 0.6 is 0 Å². The molecule has 0 aliphatic heterocycles. The van der Waals surface area contributed by atoms with Crippen LogP contribution in [0.5, 0.6) is 5.75 Å². The molecule has 0 aliphatic rings. The predicted molar refractivity (Wildman–Crippen MR) is 127 cm³/mol. The summed E-state index contributed by atoms with van der Waals surface area (Å²) in [6.45, 7) is 4.17. The molecule has 0 aromatic heterocycles. The second-order valence-electron chi connectivity index (χ2n) is 8.21. The lowest BCUT2D eigenvalue weighted by Gasteiger charge is -2.15. The zero-order valence-electron chi connectivity index (χ0n) is 19.3. The van der Waals surface area contributed by atoms with E-state index in [2.05, 4.69) is 11.6 Å². The number of nitrogens with one attached hydrogen (secondary N) is 1. The van der Waals surface area contributed by atoms with Gasteiger partial charge in [0.1, 0.15) is 5.75 Å². The van der Waals surface area contributed by atoms with Gasteiger partial charge in [0.2, 0.25) is 10.0 Å². The smallest absolute Gasteiger partial charge is 0.344 e. The molecule has 0 unspecified atom stereocenters. The van der Waals surface area contributed by atoms with E-state index in [1.54, 1.807) is 24.3 Å². The van der Waals surface area contributed by atoms with Gasteiger partial charge < -0.3 is 9.84 Å². The first-order valence-electron chi connectivity index (χ1n) is 11.9. The molecule has 2 N–H and O–H groups in total. The number of hydrogen-bond donors (Lipinski definition) is 2. The fourth-order valence-electron chi connectivity index (χ4n) is 3.38. The molecule has 1 aromatic rings. The first-order valence-corrected chi connectivity index (χ1v) is 13.5. The topological polar surface area (TPSA) is 92.7 Å². The van der Waals surface area contributed by atoms with Gasteiger partial charge in [0.25, 0.3) is 0 Å². The number of carboxylic acids is 1. The lowest BCUT2D eigenvalue weighted by Crippen LogP contribution is -2.26. The first-order chi connectivity index (χ1) is 14.9. The average molecular weight is 456 g/mol. The third-order valence-corrected chi connectivity index (χ3v) is 6.64. The molecule has 0 bridgehead atoms. The summed E-state index contributed by atoms with van der Waals surface area (Å²) in [7, 11) is -3.36. The van der Waals surface area contributed by atoms with Gasteiger partial charge in [0.15, 0.2) is 6.10 Å². The Hall–Kier alpha value is -1.76. The third-order valence-electron chi connectivity index (χ3n) is 5.27. The summed E-state index contributed by atoms with van der Waals surface area (Å²) in [5.74, 6) is -0.460. The summed E-state index contributed by atoms with van der Waals surface area (Å²) in [6, 6.07) is 6.40. The minimum atomic E-state index is -3.36. The minimum absolute atomic E-state index is 0.0850. The van der Waals surface area contributed by atoms with Crippen LogP contribution in [-0.2, 0) is 14.8 Å². The Morgan fingerprint density at radius 1 is 0.871 bits per heavy atom. The van der Waals surface area contributed by atoms with E-state index in [9.17, 15) is 18.3 Å². The maximum atomic E-state index is 12.0. The van der Waals surface area contributed by atoms with Crippen LogP contribution in [0.2, 0.25) is 0 Å². The SMILES string of the molecule is CCCCCCCCCCCC[C@@H](Oc1ccc(NS(=O)(=O)CCCC)cc1)C(=O)O. The van der Waals surface area contributed by atoms with Gasteiger partial charge in [-0.1, -0.05) is 78.1 Å². The number of hydrogen-bond acceptors (Lipinski definition) is 4. The van der Waals surface area contributed by atoms with Gasteiger partial charge in [-0.05, 0) is 43.5 Å². The molecule has 0 saturated heterocycles. The average Bonchev–Trinajstić information content (AvgIpc) is 2.73. The van der Waals surface area contributed by atoms with Gasteiger partial charge in [-0.15, -0.1) is 0 Å². The summed E-state index contributed by atoms with van der Waals surface area (Å²) in [5, 5.41) is 9.45. The number of sulfonamides is 1. The number of rotatable bonds is 19. The number of ether oxygens (including phenoxy) is 1. The fourth-order valence-corrected chi connectivity index (χ4v) is 4.65. The summed E-state index contributed by atoms with van der Waals surface area (Å²) in [4.78, 5) is 11.5. The largest absolute Gasteiger partial charge is 0.479 e. The summed E-state index contributed by atoms with van der Waals surface area (Å²) in [5.41, 5.74) is 0.449. The molecule has 0 spiro atoms. The van der Waals surface area contributed by atoms with E-state index in [0.717, 1.165) is 25.7 Å². The molecular weight excluding hydrogens is 414 g/mol. The normalized spacial score (nSPS) is 12.5. The Bertz CT molecular complexity index is 703. The molecule has 0 saturated carbocycles. The van der Waals surface area contributed by atoms with E-state index in [1.807, 2.05) is 6.92 Å². The number of benzene rings is 1. The van der Waals surface area contributed by atoms with Crippen molar-refractivity contribution in [2.45, 2.75) is 103 Å². The van der Waals surface area contributed by atoms with Crippen LogP contribution in [0.1, 0.15) is 97.3 Å². The lowest BCUT2D eigenvalue weighted by molar-refractivity contribution is -0.145. The van der Waals surface area contributed by atoms with E-state index in [1.165, 1.54) is 44.9 Å². The van der Waals surface area contributed by atoms with Crippen molar-refractivity contribution in [2.24, 2.45) is 0 Å². The molecule has 0 aliphatic carbocycles. The van der Waals surface area contributed by atoms with Crippen molar-refractivity contribution in [3.8, 4) is 5.75 Å². The molecule has 0 amide bonds. The number of unbranched alkanes of at least 4 members (excludes halogenated alkanes) is 10. The van der Waals surface area contributed by atoms with Crippen LogP contribution in [-0.4, -0.2) is 31.4 Å². The number of anilines is 1.